The van der Waals surface area contributed by atoms with E-state index < -0.39 is 12.6 Å². The van der Waals surface area contributed by atoms with Gasteiger partial charge in [-0.3, -0.25) is 4.99 Å². The zero-order valence-corrected chi connectivity index (χ0v) is 16.8. The minimum atomic E-state index is -4.06. The third-order valence-electron chi connectivity index (χ3n) is 3.92. The maximum absolute atomic E-state index is 12.0. The molecule has 0 spiro atoms. The van der Waals surface area contributed by atoms with Crippen molar-refractivity contribution in [1.29, 1.82) is 0 Å². The molecule has 1 fully saturated rings. The number of ether oxygens (including phenoxy) is 1. The zero-order valence-electron chi connectivity index (χ0n) is 14.5. The van der Waals surface area contributed by atoms with Gasteiger partial charge >= 0.3 is 6.18 Å². The van der Waals surface area contributed by atoms with E-state index in [0.717, 1.165) is 19.6 Å². The van der Waals surface area contributed by atoms with E-state index in [0.29, 0.717) is 25.0 Å². The van der Waals surface area contributed by atoms with Crippen molar-refractivity contribution in [2.75, 3.05) is 26.7 Å². The van der Waals surface area contributed by atoms with Gasteiger partial charge in [-0.05, 0) is 32.1 Å². The summed E-state index contributed by atoms with van der Waals surface area (Å²) in [4.78, 5) is 4.05. The van der Waals surface area contributed by atoms with Crippen LogP contribution in [-0.4, -0.2) is 45.0 Å². The summed E-state index contributed by atoms with van der Waals surface area (Å²) in [5.41, 5.74) is 0. The van der Waals surface area contributed by atoms with Crippen LogP contribution in [0, 0.1) is 0 Å². The van der Waals surface area contributed by atoms with Gasteiger partial charge in [0, 0.05) is 33.2 Å². The standard InChI is InChI=1S/C16H30F3N3O.HI/c1-20-15(21-11-6-5-10-16(17,18)19)22-12-7-13-23-14-8-3-2-4-9-14;/h14H,2-13H2,1H3,(H2,20,21,22);1H. The van der Waals surface area contributed by atoms with Gasteiger partial charge < -0.3 is 15.4 Å². The smallest absolute Gasteiger partial charge is 0.378 e. The van der Waals surface area contributed by atoms with Crippen molar-refractivity contribution >= 4 is 29.9 Å². The first-order chi connectivity index (χ1) is 11.0. The maximum atomic E-state index is 12.0. The molecule has 0 atom stereocenters. The number of nitrogens with zero attached hydrogens (tertiary/aromatic N) is 1. The summed E-state index contributed by atoms with van der Waals surface area (Å²) in [6, 6.07) is 0. The summed E-state index contributed by atoms with van der Waals surface area (Å²) >= 11 is 0. The monoisotopic (exact) mass is 465 g/mol. The van der Waals surface area contributed by atoms with Gasteiger partial charge in [0.1, 0.15) is 0 Å². The molecule has 4 nitrogen and oxygen atoms in total. The Morgan fingerprint density at radius 3 is 2.25 bits per heavy atom. The Hall–Kier alpha value is -0.250. The molecule has 1 aliphatic rings. The minimum absolute atomic E-state index is 0. The number of alkyl halides is 3. The molecule has 0 amide bonds. The fourth-order valence-electron chi connectivity index (χ4n) is 2.64. The lowest BCUT2D eigenvalue weighted by Crippen LogP contribution is -2.38. The second-order valence-corrected chi connectivity index (χ2v) is 5.98. The van der Waals surface area contributed by atoms with E-state index in [1.807, 2.05) is 0 Å². The van der Waals surface area contributed by atoms with Crippen molar-refractivity contribution in [1.82, 2.24) is 10.6 Å². The Bertz CT molecular complexity index is 335. The fraction of sp³-hybridized carbons (Fsp3) is 0.938. The highest BCUT2D eigenvalue weighted by atomic mass is 127. The van der Waals surface area contributed by atoms with Crippen LogP contribution in [0.15, 0.2) is 4.99 Å². The van der Waals surface area contributed by atoms with E-state index in [1.54, 1.807) is 7.05 Å². The minimum Gasteiger partial charge on any atom is -0.378 e. The van der Waals surface area contributed by atoms with Crippen LogP contribution >= 0.6 is 24.0 Å². The molecule has 0 aromatic heterocycles. The lowest BCUT2D eigenvalue weighted by atomic mass is 9.98. The Kier molecular flexibility index (Phi) is 13.8. The van der Waals surface area contributed by atoms with E-state index >= 15 is 0 Å². The summed E-state index contributed by atoms with van der Waals surface area (Å²) in [5, 5.41) is 6.18. The van der Waals surface area contributed by atoms with Gasteiger partial charge in [0.05, 0.1) is 6.10 Å². The molecule has 0 aliphatic heterocycles. The van der Waals surface area contributed by atoms with Gasteiger partial charge in [0.15, 0.2) is 5.96 Å². The van der Waals surface area contributed by atoms with Gasteiger partial charge in [-0.2, -0.15) is 13.2 Å². The van der Waals surface area contributed by atoms with E-state index in [-0.39, 0.29) is 30.4 Å². The lowest BCUT2D eigenvalue weighted by Gasteiger charge is -2.22. The van der Waals surface area contributed by atoms with E-state index in [4.69, 9.17) is 4.74 Å². The molecule has 0 aromatic rings. The van der Waals surface area contributed by atoms with Crippen molar-refractivity contribution in [3.05, 3.63) is 0 Å². The summed E-state index contributed by atoms with van der Waals surface area (Å²) in [7, 11) is 1.66. The van der Waals surface area contributed by atoms with Gasteiger partial charge in [-0.25, -0.2) is 0 Å². The number of guanidine groups is 1. The van der Waals surface area contributed by atoms with Crippen LogP contribution in [0.25, 0.3) is 0 Å². The molecule has 24 heavy (non-hydrogen) atoms. The van der Waals surface area contributed by atoms with Gasteiger partial charge in [-0.15, -0.1) is 24.0 Å². The van der Waals surface area contributed by atoms with Crippen LogP contribution < -0.4 is 10.6 Å². The predicted molar refractivity (Wildman–Crippen MR) is 102 cm³/mol. The summed E-state index contributed by atoms with van der Waals surface area (Å²) in [6.07, 6.45) is 3.38. The first-order valence-electron chi connectivity index (χ1n) is 8.64. The largest absolute Gasteiger partial charge is 0.389 e. The zero-order chi connectivity index (χ0) is 17.0. The summed E-state index contributed by atoms with van der Waals surface area (Å²) in [6.45, 7) is 1.98. The Morgan fingerprint density at radius 1 is 1.04 bits per heavy atom. The quantitative estimate of drug-likeness (QED) is 0.232. The van der Waals surface area contributed by atoms with Crippen LogP contribution in [-0.2, 0) is 4.74 Å². The number of nitrogens with one attached hydrogen (secondary N) is 2. The van der Waals surface area contributed by atoms with Crippen molar-refractivity contribution in [3.8, 4) is 0 Å². The van der Waals surface area contributed by atoms with E-state index in [9.17, 15) is 13.2 Å². The number of hydrogen-bond acceptors (Lipinski definition) is 2. The van der Waals surface area contributed by atoms with Crippen molar-refractivity contribution in [2.24, 2.45) is 4.99 Å². The molecular weight excluding hydrogens is 434 g/mol. The number of rotatable bonds is 9. The number of aliphatic imine (C=N–C) groups is 1. The molecule has 0 radical (unpaired) electrons. The average Bonchev–Trinajstić information content (AvgIpc) is 2.52. The first-order valence-corrected chi connectivity index (χ1v) is 8.64. The number of unbranched alkanes of at least 4 members (excludes halogenated alkanes) is 1. The van der Waals surface area contributed by atoms with Crippen molar-refractivity contribution in [3.63, 3.8) is 0 Å². The van der Waals surface area contributed by atoms with Crippen LogP contribution in [0.1, 0.15) is 57.8 Å². The molecule has 0 heterocycles. The van der Waals surface area contributed by atoms with Crippen LogP contribution in [0.5, 0.6) is 0 Å². The summed E-state index contributed by atoms with van der Waals surface area (Å²) in [5.74, 6) is 0.634. The molecule has 1 aliphatic carbocycles. The molecule has 1 rings (SSSR count). The first kappa shape index (κ1) is 23.8. The highest BCUT2D eigenvalue weighted by Crippen LogP contribution is 2.22. The Labute approximate surface area is 160 Å². The molecule has 144 valence electrons. The highest BCUT2D eigenvalue weighted by Gasteiger charge is 2.25. The van der Waals surface area contributed by atoms with Gasteiger partial charge in [0.25, 0.3) is 0 Å². The molecule has 1 saturated carbocycles. The van der Waals surface area contributed by atoms with Crippen molar-refractivity contribution < 1.29 is 17.9 Å². The third-order valence-corrected chi connectivity index (χ3v) is 3.92. The summed E-state index contributed by atoms with van der Waals surface area (Å²) < 4.78 is 41.9. The van der Waals surface area contributed by atoms with Crippen LogP contribution in [0.2, 0.25) is 0 Å². The normalized spacial score (nSPS) is 16.6. The van der Waals surface area contributed by atoms with E-state index in [2.05, 4.69) is 15.6 Å². The van der Waals surface area contributed by atoms with Gasteiger partial charge in [-0.1, -0.05) is 19.3 Å². The Balaban J connectivity index is 0.00000529. The highest BCUT2D eigenvalue weighted by molar-refractivity contribution is 14.0. The predicted octanol–water partition coefficient (Wildman–Crippen LogP) is 4.24. The Morgan fingerprint density at radius 2 is 1.67 bits per heavy atom. The van der Waals surface area contributed by atoms with Crippen LogP contribution in [0.4, 0.5) is 13.2 Å². The third kappa shape index (κ3) is 13.1. The average molecular weight is 465 g/mol. The molecule has 0 aromatic carbocycles. The maximum Gasteiger partial charge on any atom is 0.389 e. The molecule has 2 N–H and O–H groups in total. The lowest BCUT2D eigenvalue weighted by molar-refractivity contribution is -0.135. The number of hydrogen-bond donors (Lipinski definition) is 2. The van der Waals surface area contributed by atoms with Gasteiger partial charge in [0.2, 0.25) is 0 Å². The fourth-order valence-corrected chi connectivity index (χ4v) is 2.64. The molecule has 0 unspecified atom stereocenters. The number of halogens is 4. The molecule has 0 saturated heterocycles. The SMILES string of the molecule is CN=C(NCCCCC(F)(F)F)NCCCOC1CCCCC1.I. The van der Waals surface area contributed by atoms with Crippen molar-refractivity contribution in [2.45, 2.75) is 70.1 Å². The topological polar surface area (TPSA) is 45.7 Å². The van der Waals surface area contributed by atoms with E-state index in [1.165, 1.54) is 32.1 Å². The second kappa shape index (κ2) is 14.0. The molecular formula is C16H31F3IN3O. The molecule has 8 heteroatoms. The van der Waals surface area contributed by atoms with Crippen LogP contribution in [0.3, 0.4) is 0 Å². The molecule has 0 bridgehead atoms. The second-order valence-electron chi connectivity index (χ2n) is 5.98.